The molecule has 3 atom stereocenters. The number of carbonyl (C=O) groups excluding carboxylic acids is 1. The first-order chi connectivity index (χ1) is 9.22. The molecule has 2 heterocycles. The van der Waals surface area contributed by atoms with Crippen LogP contribution in [0, 0.1) is 11.8 Å². The van der Waals surface area contributed by atoms with E-state index in [0.29, 0.717) is 12.8 Å². The quantitative estimate of drug-likeness (QED) is 0.699. The minimum atomic E-state index is -3.08. The van der Waals surface area contributed by atoms with Gasteiger partial charge in [-0.05, 0) is 24.7 Å². The Bertz CT molecular complexity index is 542. The molecule has 116 valence electrons. The molecule has 1 N–H and O–H groups in total. The molecule has 2 rings (SSSR count). The van der Waals surface area contributed by atoms with Gasteiger partial charge in [-0.15, -0.1) is 11.6 Å². The second kappa shape index (κ2) is 5.81. The second-order valence-corrected chi connectivity index (χ2v) is 10.3. The maximum Gasteiger partial charge on any atom is 0.235 e. The van der Waals surface area contributed by atoms with Crippen molar-refractivity contribution in [2.45, 2.75) is 18.9 Å². The van der Waals surface area contributed by atoms with Gasteiger partial charge in [0, 0.05) is 6.04 Å². The predicted octanol–water partition coefficient (Wildman–Crippen LogP) is -0.421. The van der Waals surface area contributed by atoms with Gasteiger partial charge in [-0.2, -0.15) is 0 Å². The molecule has 1 unspecified atom stereocenters. The van der Waals surface area contributed by atoms with Crippen LogP contribution in [0.2, 0.25) is 0 Å². The van der Waals surface area contributed by atoms with Crippen LogP contribution >= 0.6 is 11.6 Å². The summed E-state index contributed by atoms with van der Waals surface area (Å²) in [7, 11) is -6.15. The Kier molecular flexibility index (Phi) is 4.66. The summed E-state index contributed by atoms with van der Waals surface area (Å²) in [6, 6.07) is -0.421. The smallest absolute Gasteiger partial charge is 0.235 e. The standard InChI is InChI=1S/C11H18ClNO5S2/c12-5-10(14)13-11(8-1-3-19(15,16)6-8)9-2-4-20(17,18)7-9/h8-9,11H,1-7H2,(H,13,14)/t8-,9+,11?. The zero-order valence-electron chi connectivity index (χ0n) is 10.9. The number of rotatable bonds is 4. The van der Waals surface area contributed by atoms with Gasteiger partial charge in [-0.1, -0.05) is 0 Å². The summed E-state index contributed by atoms with van der Waals surface area (Å²) < 4.78 is 46.3. The highest BCUT2D eigenvalue weighted by atomic mass is 35.5. The Balaban J connectivity index is 2.15. The highest BCUT2D eigenvalue weighted by Gasteiger charge is 2.42. The van der Waals surface area contributed by atoms with Crippen molar-refractivity contribution in [2.75, 3.05) is 28.9 Å². The lowest BCUT2D eigenvalue weighted by Gasteiger charge is -2.28. The van der Waals surface area contributed by atoms with Crippen molar-refractivity contribution in [2.24, 2.45) is 11.8 Å². The van der Waals surface area contributed by atoms with Crippen LogP contribution in [0.5, 0.6) is 0 Å². The first-order valence-electron chi connectivity index (χ1n) is 6.48. The Morgan fingerprint density at radius 1 is 1.05 bits per heavy atom. The van der Waals surface area contributed by atoms with Crippen molar-refractivity contribution < 1.29 is 21.6 Å². The lowest BCUT2D eigenvalue weighted by molar-refractivity contribution is -0.120. The molecule has 0 spiro atoms. The topological polar surface area (TPSA) is 97.4 Å². The van der Waals surface area contributed by atoms with Crippen molar-refractivity contribution in [3.05, 3.63) is 0 Å². The maximum atomic E-state index is 11.6. The van der Waals surface area contributed by atoms with Crippen LogP contribution in [0.4, 0.5) is 0 Å². The Morgan fingerprint density at radius 2 is 1.50 bits per heavy atom. The van der Waals surface area contributed by atoms with E-state index in [9.17, 15) is 21.6 Å². The van der Waals surface area contributed by atoms with E-state index in [4.69, 9.17) is 11.6 Å². The molecule has 0 bridgehead atoms. The maximum absolute atomic E-state index is 11.6. The van der Waals surface area contributed by atoms with Gasteiger partial charge in [-0.3, -0.25) is 4.79 Å². The summed E-state index contributed by atoms with van der Waals surface area (Å²) in [5.41, 5.74) is 0. The van der Waals surface area contributed by atoms with Gasteiger partial charge in [0.25, 0.3) is 0 Å². The van der Waals surface area contributed by atoms with E-state index in [1.54, 1.807) is 0 Å². The number of carbonyl (C=O) groups is 1. The Hall–Kier alpha value is -0.340. The molecule has 2 fully saturated rings. The first-order valence-corrected chi connectivity index (χ1v) is 10.7. The fourth-order valence-corrected chi connectivity index (χ4v) is 6.85. The summed E-state index contributed by atoms with van der Waals surface area (Å²) in [5, 5.41) is 2.73. The summed E-state index contributed by atoms with van der Waals surface area (Å²) in [6.07, 6.45) is 0.929. The third-order valence-corrected chi connectivity index (χ3v) is 7.83. The van der Waals surface area contributed by atoms with Crippen LogP contribution in [0.3, 0.4) is 0 Å². The highest BCUT2D eigenvalue weighted by molar-refractivity contribution is 7.91. The number of amides is 1. The normalized spacial score (nSPS) is 32.9. The summed E-state index contributed by atoms with van der Waals surface area (Å²) in [5.74, 6) is -0.807. The fraction of sp³-hybridized carbons (Fsp3) is 0.909. The lowest BCUT2D eigenvalue weighted by Crippen LogP contribution is -2.46. The van der Waals surface area contributed by atoms with E-state index in [1.165, 1.54) is 0 Å². The molecule has 9 heteroatoms. The molecule has 2 saturated heterocycles. The monoisotopic (exact) mass is 343 g/mol. The van der Waals surface area contributed by atoms with Gasteiger partial charge in [-0.25, -0.2) is 16.8 Å². The van der Waals surface area contributed by atoms with E-state index < -0.39 is 25.7 Å². The summed E-state index contributed by atoms with van der Waals surface area (Å²) in [4.78, 5) is 11.5. The molecule has 1 amide bonds. The number of hydrogen-bond acceptors (Lipinski definition) is 5. The zero-order valence-corrected chi connectivity index (χ0v) is 13.3. The van der Waals surface area contributed by atoms with Crippen molar-refractivity contribution in [1.82, 2.24) is 5.32 Å². The van der Waals surface area contributed by atoms with E-state index in [2.05, 4.69) is 5.32 Å². The molecular weight excluding hydrogens is 326 g/mol. The molecule has 6 nitrogen and oxygen atoms in total. The van der Waals surface area contributed by atoms with Crippen LogP contribution in [0.1, 0.15) is 12.8 Å². The van der Waals surface area contributed by atoms with Crippen molar-refractivity contribution in [1.29, 1.82) is 0 Å². The zero-order chi connectivity index (χ0) is 15.0. The van der Waals surface area contributed by atoms with Gasteiger partial charge in [0.2, 0.25) is 5.91 Å². The van der Waals surface area contributed by atoms with Crippen molar-refractivity contribution in [3.63, 3.8) is 0 Å². The first kappa shape index (κ1) is 16.0. The van der Waals surface area contributed by atoms with Crippen molar-refractivity contribution in [3.8, 4) is 0 Å². The fourth-order valence-electron chi connectivity index (χ4n) is 3.06. The molecule has 0 saturated carbocycles. The average molecular weight is 344 g/mol. The molecule has 2 aliphatic rings. The van der Waals surface area contributed by atoms with Gasteiger partial charge in [0.1, 0.15) is 5.88 Å². The van der Waals surface area contributed by atoms with Gasteiger partial charge < -0.3 is 5.32 Å². The van der Waals surface area contributed by atoms with E-state index >= 15 is 0 Å². The average Bonchev–Trinajstić information content (AvgIpc) is 2.88. The Labute approximate surface area is 124 Å². The third-order valence-electron chi connectivity index (χ3n) is 4.00. The number of alkyl halides is 1. The Morgan fingerprint density at radius 3 is 1.80 bits per heavy atom. The van der Waals surface area contributed by atoms with Gasteiger partial charge in [0.05, 0.1) is 23.0 Å². The van der Waals surface area contributed by atoms with Gasteiger partial charge in [0.15, 0.2) is 19.7 Å². The third kappa shape index (κ3) is 3.85. The summed E-state index contributed by atoms with van der Waals surface area (Å²) in [6.45, 7) is 0. The van der Waals surface area contributed by atoms with Crippen LogP contribution in [0.25, 0.3) is 0 Å². The van der Waals surface area contributed by atoms with E-state index in [0.717, 1.165) is 0 Å². The van der Waals surface area contributed by atoms with Gasteiger partial charge >= 0.3 is 0 Å². The number of sulfone groups is 2. The van der Waals surface area contributed by atoms with Crippen LogP contribution in [-0.4, -0.2) is 57.7 Å². The largest absolute Gasteiger partial charge is 0.352 e. The SMILES string of the molecule is O=C(CCl)NC([C@@H]1CCS(=O)(=O)C1)[C@H]1CCS(=O)(=O)C1. The molecule has 0 aromatic rings. The lowest BCUT2D eigenvalue weighted by atomic mass is 9.87. The minimum Gasteiger partial charge on any atom is -0.352 e. The molecule has 0 aliphatic carbocycles. The van der Waals surface area contributed by atoms with Crippen LogP contribution in [0.15, 0.2) is 0 Å². The highest BCUT2D eigenvalue weighted by Crippen LogP contribution is 2.31. The molecule has 0 radical (unpaired) electrons. The molecule has 0 aromatic heterocycles. The van der Waals surface area contributed by atoms with Crippen LogP contribution < -0.4 is 5.32 Å². The molecule has 2 aliphatic heterocycles. The molecular formula is C11H18ClNO5S2. The molecule has 20 heavy (non-hydrogen) atoms. The second-order valence-electron chi connectivity index (χ2n) is 5.55. The van der Waals surface area contributed by atoms with Crippen LogP contribution in [-0.2, 0) is 24.5 Å². The predicted molar refractivity (Wildman–Crippen MR) is 76.2 cm³/mol. The van der Waals surface area contributed by atoms with Crippen molar-refractivity contribution >= 4 is 37.2 Å². The summed E-state index contributed by atoms with van der Waals surface area (Å²) >= 11 is 5.47. The molecule has 0 aromatic carbocycles. The van der Waals surface area contributed by atoms with E-state index in [1.807, 2.05) is 0 Å². The number of nitrogens with one attached hydrogen (secondary N) is 1. The number of hydrogen-bond donors (Lipinski definition) is 1. The number of halogens is 1. The van der Waals surface area contributed by atoms with E-state index in [-0.39, 0.29) is 46.6 Å². The minimum absolute atomic E-state index is 0.0107.